The van der Waals surface area contributed by atoms with Gasteiger partial charge in [0.15, 0.2) is 0 Å². The van der Waals surface area contributed by atoms with Crippen LogP contribution < -0.4 is 0 Å². The standard InChI is InChI=1S/C11H15NO2S2/c1-7-3-4-15-10(7)11-12(5-8(2)13)9(14)6-16-11/h3-4,8,11,13H,5-6H2,1-2H3/t8-,11-/m0/s1. The first-order valence-corrected chi connectivity index (χ1v) is 7.15. The van der Waals surface area contributed by atoms with Gasteiger partial charge in [0.1, 0.15) is 5.37 Å². The van der Waals surface area contributed by atoms with E-state index in [1.807, 2.05) is 0 Å². The lowest BCUT2D eigenvalue weighted by atomic mass is 10.2. The molecule has 1 aromatic rings. The Balaban J connectivity index is 2.21. The van der Waals surface area contributed by atoms with Gasteiger partial charge in [0.25, 0.3) is 0 Å². The summed E-state index contributed by atoms with van der Waals surface area (Å²) < 4.78 is 0. The molecule has 5 heteroatoms. The molecule has 2 rings (SSSR count). The molecular weight excluding hydrogens is 242 g/mol. The largest absolute Gasteiger partial charge is 0.392 e. The van der Waals surface area contributed by atoms with Gasteiger partial charge in [-0.1, -0.05) is 0 Å². The normalized spacial score (nSPS) is 22.8. The molecule has 1 aliphatic rings. The van der Waals surface area contributed by atoms with Crippen LogP contribution in [0, 0.1) is 6.92 Å². The summed E-state index contributed by atoms with van der Waals surface area (Å²) in [5, 5.41) is 11.6. The fourth-order valence-corrected chi connectivity index (χ4v) is 4.27. The van der Waals surface area contributed by atoms with Gasteiger partial charge in [0.2, 0.25) is 5.91 Å². The maximum absolute atomic E-state index is 11.7. The first kappa shape index (κ1) is 12.0. The van der Waals surface area contributed by atoms with E-state index in [4.69, 9.17) is 0 Å². The zero-order chi connectivity index (χ0) is 11.7. The molecule has 1 aliphatic heterocycles. The molecule has 1 aromatic heterocycles. The number of hydrogen-bond acceptors (Lipinski definition) is 4. The number of β-amino-alcohol motifs (C(OH)–C–C–N with tert-alkyl or cyclic N) is 1. The van der Waals surface area contributed by atoms with E-state index < -0.39 is 6.10 Å². The van der Waals surface area contributed by atoms with Gasteiger partial charge in [-0.3, -0.25) is 4.79 Å². The van der Waals surface area contributed by atoms with Crippen molar-refractivity contribution in [2.45, 2.75) is 25.3 Å². The van der Waals surface area contributed by atoms with Crippen molar-refractivity contribution in [3.05, 3.63) is 21.9 Å². The molecule has 1 amide bonds. The summed E-state index contributed by atoms with van der Waals surface area (Å²) in [6.07, 6.45) is -0.467. The summed E-state index contributed by atoms with van der Waals surface area (Å²) in [6.45, 7) is 4.21. The van der Waals surface area contributed by atoms with E-state index in [1.165, 1.54) is 10.4 Å². The van der Waals surface area contributed by atoms with Crippen molar-refractivity contribution in [1.29, 1.82) is 0 Å². The number of nitrogens with zero attached hydrogens (tertiary/aromatic N) is 1. The quantitative estimate of drug-likeness (QED) is 0.900. The topological polar surface area (TPSA) is 40.5 Å². The van der Waals surface area contributed by atoms with Gasteiger partial charge in [0, 0.05) is 11.4 Å². The molecular formula is C11H15NO2S2. The first-order chi connectivity index (χ1) is 7.59. The molecule has 1 N–H and O–H groups in total. The Labute approximate surface area is 103 Å². The van der Waals surface area contributed by atoms with Crippen molar-refractivity contribution in [2.24, 2.45) is 0 Å². The molecule has 1 fully saturated rings. The number of carbonyl (C=O) groups is 1. The minimum atomic E-state index is -0.467. The van der Waals surface area contributed by atoms with Crippen molar-refractivity contribution >= 4 is 29.0 Å². The van der Waals surface area contributed by atoms with E-state index in [9.17, 15) is 9.90 Å². The van der Waals surface area contributed by atoms with Crippen LogP contribution in [0.2, 0.25) is 0 Å². The summed E-state index contributed by atoms with van der Waals surface area (Å²) >= 11 is 3.33. The Morgan fingerprint density at radius 2 is 2.44 bits per heavy atom. The summed E-state index contributed by atoms with van der Waals surface area (Å²) in [7, 11) is 0. The second-order valence-electron chi connectivity index (χ2n) is 4.03. The highest BCUT2D eigenvalue weighted by molar-refractivity contribution is 8.00. The fraction of sp³-hybridized carbons (Fsp3) is 0.545. The Hall–Kier alpha value is -0.520. The number of carbonyl (C=O) groups excluding carboxylic acids is 1. The maximum atomic E-state index is 11.7. The average Bonchev–Trinajstić information content (AvgIpc) is 2.75. The number of hydrogen-bond donors (Lipinski definition) is 1. The van der Waals surface area contributed by atoms with Crippen LogP contribution >= 0.6 is 23.1 Å². The molecule has 0 aliphatic carbocycles. The monoisotopic (exact) mass is 257 g/mol. The van der Waals surface area contributed by atoms with Crippen LogP contribution in [-0.2, 0) is 4.79 Å². The number of thioether (sulfide) groups is 1. The summed E-state index contributed by atoms with van der Waals surface area (Å²) in [5.41, 5.74) is 1.23. The third-order valence-corrected chi connectivity index (χ3v) is 5.00. The number of amides is 1. The molecule has 0 saturated carbocycles. The highest BCUT2D eigenvalue weighted by Gasteiger charge is 2.34. The van der Waals surface area contributed by atoms with E-state index in [0.29, 0.717) is 12.3 Å². The lowest BCUT2D eigenvalue weighted by Gasteiger charge is -2.24. The highest BCUT2D eigenvalue weighted by atomic mass is 32.2. The Bertz CT molecular complexity index is 389. The molecule has 1 saturated heterocycles. The predicted molar refractivity (Wildman–Crippen MR) is 67.6 cm³/mol. The van der Waals surface area contributed by atoms with Gasteiger partial charge in [0.05, 0.1) is 11.9 Å². The Morgan fingerprint density at radius 1 is 1.69 bits per heavy atom. The molecule has 0 spiro atoms. The van der Waals surface area contributed by atoms with Crippen LogP contribution in [0.25, 0.3) is 0 Å². The van der Waals surface area contributed by atoms with Gasteiger partial charge in [-0.15, -0.1) is 23.1 Å². The van der Waals surface area contributed by atoms with Crippen LogP contribution in [0.3, 0.4) is 0 Å². The predicted octanol–water partition coefficient (Wildman–Crippen LogP) is 2.01. The van der Waals surface area contributed by atoms with Gasteiger partial charge in [-0.2, -0.15) is 0 Å². The zero-order valence-electron chi connectivity index (χ0n) is 9.34. The number of thiophene rings is 1. The van der Waals surface area contributed by atoms with Gasteiger partial charge < -0.3 is 10.0 Å². The number of rotatable bonds is 3. The van der Waals surface area contributed by atoms with Crippen molar-refractivity contribution in [3.63, 3.8) is 0 Å². The number of aryl methyl sites for hydroxylation is 1. The number of aliphatic hydroxyl groups excluding tert-OH is 1. The smallest absolute Gasteiger partial charge is 0.233 e. The van der Waals surface area contributed by atoms with E-state index >= 15 is 0 Å². The summed E-state index contributed by atoms with van der Waals surface area (Å²) in [6, 6.07) is 2.07. The second-order valence-corrected chi connectivity index (χ2v) is 6.04. The van der Waals surface area contributed by atoms with Crippen LogP contribution in [0.15, 0.2) is 11.4 Å². The minimum Gasteiger partial charge on any atom is -0.392 e. The molecule has 2 heterocycles. The third kappa shape index (κ3) is 2.26. The summed E-state index contributed by atoms with van der Waals surface area (Å²) in [5.74, 6) is 0.651. The first-order valence-electron chi connectivity index (χ1n) is 5.22. The van der Waals surface area contributed by atoms with Crippen LogP contribution in [0.4, 0.5) is 0 Å². The van der Waals surface area contributed by atoms with E-state index in [-0.39, 0.29) is 11.3 Å². The maximum Gasteiger partial charge on any atom is 0.233 e. The van der Waals surface area contributed by atoms with Crippen LogP contribution in [0.5, 0.6) is 0 Å². The Morgan fingerprint density at radius 3 is 3.00 bits per heavy atom. The second kappa shape index (κ2) is 4.77. The number of aliphatic hydroxyl groups is 1. The van der Waals surface area contributed by atoms with Crippen molar-refractivity contribution in [2.75, 3.05) is 12.3 Å². The molecule has 2 atom stereocenters. The van der Waals surface area contributed by atoms with Crippen LogP contribution in [0.1, 0.15) is 22.7 Å². The minimum absolute atomic E-state index is 0.0992. The average molecular weight is 257 g/mol. The van der Waals surface area contributed by atoms with Gasteiger partial charge in [-0.05, 0) is 30.9 Å². The van der Waals surface area contributed by atoms with E-state index in [1.54, 1.807) is 34.9 Å². The van der Waals surface area contributed by atoms with Gasteiger partial charge >= 0.3 is 0 Å². The highest BCUT2D eigenvalue weighted by Crippen LogP contribution is 2.42. The molecule has 88 valence electrons. The lowest BCUT2D eigenvalue weighted by Crippen LogP contribution is -2.34. The molecule has 0 bridgehead atoms. The molecule has 0 radical (unpaired) electrons. The summed E-state index contributed by atoms with van der Waals surface area (Å²) in [4.78, 5) is 14.7. The van der Waals surface area contributed by atoms with E-state index in [0.717, 1.165) is 0 Å². The third-order valence-electron chi connectivity index (χ3n) is 2.56. The molecule has 0 aromatic carbocycles. The zero-order valence-corrected chi connectivity index (χ0v) is 11.0. The Kier molecular flexibility index (Phi) is 3.56. The van der Waals surface area contributed by atoms with Crippen molar-refractivity contribution < 1.29 is 9.90 Å². The SMILES string of the molecule is Cc1ccsc1[C@@H]1SCC(=O)N1C[C@H](C)O. The molecule has 3 nitrogen and oxygen atoms in total. The molecule has 0 unspecified atom stereocenters. The lowest BCUT2D eigenvalue weighted by molar-refractivity contribution is -0.129. The molecule has 16 heavy (non-hydrogen) atoms. The van der Waals surface area contributed by atoms with Crippen molar-refractivity contribution in [1.82, 2.24) is 4.90 Å². The van der Waals surface area contributed by atoms with E-state index in [2.05, 4.69) is 18.4 Å². The van der Waals surface area contributed by atoms with Crippen LogP contribution in [-0.4, -0.2) is 34.3 Å². The van der Waals surface area contributed by atoms with Crippen molar-refractivity contribution in [3.8, 4) is 0 Å². The fourth-order valence-electron chi connectivity index (χ4n) is 1.79. The van der Waals surface area contributed by atoms with Gasteiger partial charge in [-0.25, -0.2) is 0 Å².